The fourth-order valence-electron chi connectivity index (χ4n) is 3.81. The van der Waals surface area contributed by atoms with Gasteiger partial charge in [0.2, 0.25) is 0 Å². The number of rotatable bonds is 15. The third-order valence-electron chi connectivity index (χ3n) is 5.93. The van der Waals surface area contributed by atoms with Gasteiger partial charge in [-0.3, -0.25) is 40.5 Å². The number of carbonyl (C=O) groups is 2. The molecule has 2 aromatic rings. The molecule has 2 amide bonds. The topological polar surface area (TPSA) is 249 Å². The molecule has 0 aliphatic carbocycles. The van der Waals surface area contributed by atoms with Crippen LogP contribution in [0.5, 0.6) is 0 Å². The van der Waals surface area contributed by atoms with Gasteiger partial charge in [-0.05, 0) is 38.8 Å². The molecule has 0 bridgehead atoms. The van der Waals surface area contributed by atoms with Crippen molar-refractivity contribution in [2.75, 3.05) is 13.1 Å². The predicted molar refractivity (Wildman–Crippen MR) is 144 cm³/mol. The van der Waals surface area contributed by atoms with Gasteiger partial charge in [0.05, 0.1) is 43.0 Å². The first-order chi connectivity index (χ1) is 19.8. The van der Waals surface area contributed by atoms with Crippen molar-refractivity contribution in [3.8, 4) is 0 Å². The van der Waals surface area contributed by atoms with Crippen molar-refractivity contribution in [1.29, 1.82) is 0 Å². The van der Waals surface area contributed by atoms with E-state index in [0.29, 0.717) is 25.7 Å². The smallest absolute Gasteiger partial charge is 0.407 e. The van der Waals surface area contributed by atoms with Gasteiger partial charge in [0, 0.05) is 25.2 Å². The van der Waals surface area contributed by atoms with Crippen LogP contribution in [0.15, 0.2) is 36.4 Å². The van der Waals surface area contributed by atoms with Gasteiger partial charge in [-0.15, -0.1) is 0 Å². The first kappa shape index (κ1) is 32.8. The summed E-state index contributed by atoms with van der Waals surface area (Å²) < 4.78 is 10.3. The van der Waals surface area contributed by atoms with Gasteiger partial charge in [-0.25, -0.2) is 9.59 Å². The van der Waals surface area contributed by atoms with E-state index in [1.807, 2.05) is 0 Å². The molecule has 2 N–H and O–H groups in total. The van der Waals surface area contributed by atoms with E-state index in [1.54, 1.807) is 0 Å². The Morgan fingerprint density at radius 3 is 1.31 bits per heavy atom. The van der Waals surface area contributed by atoms with Gasteiger partial charge < -0.3 is 20.1 Å². The molecule has 2 rings (SSSR count). The van der Waals surface area contributed by atoms with Crippen molar-refractivity contribution in [2.45, 2.75) is 51.7 Å². The zero-order chi connectivity index (χ0) is 31.4. The normalized spacial score (nSPS) is 12.0. The number of nitrogens with zero attached hydrogens (tertiary/aromatic N) is 4. The van der Waals surface area contributed by atoms with Crippen LogP contribution in [0.1, 0.15) is 62.9 Å². The van der Waals surface area contributed by atoms with E-state index in [-0.39, 0.29) is 24.2 Å². The third-order valence-corrected chi connectivity index (χ3v) is 5.93. The van der Waals surface area contributed by atoms with Crippen molar-refractivity contribution < 1.29 is 38.8 Å². The lowest BCUT2D eigenvalue weighted by atomic mass is 10.1. The number of nitrogens with one attached hydrogen (secondary N) is 2. The van der Waals surface area contributed by atoms with E-state index in [9.17, 15) is 50.0 Å². The van der Waals surface area contributed by atoms with Crippen molar-refractivity contribution in [2.24, 2.45) is 0 Å². The number of amides is 2. The number of unbranched alkanes of at least 4 members (excludes halogenated alkanes) is 3. The third kappa shape index (κ3) is 9.65. The lowest BCUT2D eigenvalue weighted by Crippen LogP contribution is -2.27. The highest BCUT2D eigenvalue weighted by Gasteiger charge is 2.26. The molecule has 0 radical (unpaired) electrons. The second-order valence-electron chi connectivity index (χ2n) is 8.88. The SMILES string of the molecule is CC(OC(=O)NCCCCCCNC(=O)OC(C)c1ccc([N+](=O)[O-])cc1[N+](=O)[O-])c1ccc([N+](=O)[O-])cc1[N+](=O)[O-]. The molecule has 18 nitrogen and oxygen atoms in total. The predicted octanol–water partition coefficient (Wildman–Crippen LogP) is 5.15. The molecule has 0 aromatic heterocycles. The molecular formula is C24H28N6O12. The molecule has 0 saturated heterocycles. The summed E-state index contributed by atoms with van der Waals surface area (Å²) >= 11 is 0. The van der Waals surface area contributed by atoms with E-state index in [1.165, 1.54) is 13.8 Å². The summed E-state index contributed by atoms with van der Waals surface area (Å²) in [7, 11) is 0. The maximum Gasteiger partial charge on any atom is 0.407 e. The summed E-state index contributed by atoms with van der Waals surface area (Å²) in [6.07, 6.45) is -1.24. The van der Waals surface area contributed by atoms with E-state index < -0.39 is 66.8 Å². The van der Waals surface area contributed by atoms with E-state index in [4.69, 9.17) is 9.47 Å². The van der Waals surface area contributed by atoms with Gasteiger partial charge in [0.15, 0.2) is 0 Å². The van der Waals surface area contributed by atoms with Crippen molar-refractivity contribution in [3.63, 3.8) is 0 Å². The quantitative estimate of drug-likeness (QED) is 0.155. The van der Waals surface area contributed by atoms with Crippen LogP contribution in [0.2, 0.25) is 0 Å². The van der Waals surface area contributed by atoms with E-state index in [0.717, 1.165) is 36.4 Å². The average molecular weight is 593 g/mol. The van der Waals surface area contributed by atoms with Gasteiger partial charge in [-0.2, -0.15) is 0 Å². The molecule has 0 saturated carbocycles. The number of nitro groups is 4. The fourth-order valence-corrected chi connectivity index (χ4v) is 3.81. The van der Waals surface area contributed by atoms with Gasteiger partial charge in [0.25, 0.3) is 22.7 Å². The van der Waals surface area contributed by atoms with Crippen LogP contribution in [0.3, 0.4) is 0 Å². The molecule has 18 heteroatoms. The zero-order valence-corrected chi connectivity index (χ0v) is 22.5. The summed E-state index contributed by atoms with van der Waals surface area (Å²) in [6, 6.07) is 6.09. The molecule has 0 fully saturated rings. The Morgan fingerprint density at radius 2 is 1.00 bits per heavy atom. The Kier molecular flexibility index (Phi) is 12.0. The zero-order valence-electron chi connectivity index (χ0n) is 22.5. The van der Waals surface area contributed by atoms with E-state index in [2.05, 4.69) is 10.6 Å². The van der Waals surface area contributed by atoms with Crippen LogP contribution in [0.25, 0.3) is 0 Å². The highest BCUT2D eigenvalue weighted by molar-refractivity contribution is 5.68. The summed E-state index contributed by atoms with van der Waals surface area (Å²) in [5.74, 6) is 0. The first-order valence-electron chi connectivity index (χ1n) is 12.6. The van der Waals surface area contributed by atoms with Crippen molar-refractivity contribution in [3.05, 3.63) is 88.0 Å². The summed E-state index contributed by atoms with van der Waals surface area (Å²) in [4.78, 5) is 65.2. The minimum atomic E-state index is -1.04. The van der Waals surface area contributed by atoms with Crippen LogP contribution in [0.4, 0.5) is 32.3 Å². The molecule has 0 aliphatic heterocycles. The van der Waals surface area contributed by atoms with Gasteiger partial charge >= 0.3 is 12.2 Å². The minimum Gasteiger partial charge on any atom is -0.441 e. The number of hydrogen-bond donors (Lipinski definition) is 2. The largest absolute Gasteiger partial charge is 0.441 e. The molecule has 0 heterocycles. The fraction of sp³-hybridized carbons (Fsp3) is 0.417. The Bertz CT molecular complexity index is 1250. The molecule has 226 valence electrons. The van der Waals surface area contributed by atoms with Crippen LogP contribution in [-0.4, -0.2) is 45.0 Å². The minimum absolute atomic E-state index is 0.00661. The number of carbonyl (C=O) groups excluding carboxylic acids is 2. The van der Waals surface area contributed by atoms with Crippen molar-refractivity contribution in [1.82, 2.24) is 10.6 Å². The molecule has 0 spiro atoms. The summed E-state index contributed by atoms with van der Waals surface area (Å²) in [5, 5.41) is 49.3. The standard InChI is InChI=1S/C24H28N6O12/c1-15(19-9-7-17(27(33)34)13-21(19)29(37)38)41-23(31)25-11-5-3-4-6-12-26-24(32)42-16(2)20-10-8-18(28(35)36)14-22(20)30(39)40/h7-10,13-16H,3-6,11-12H2,1-2H3,(H,25,31)(H,26,32). The molecule has 0 aliphatic rings. The molecule has 2 atom stereocenters. The number of hydrogen-bond acceptors (Lipinski definition) is 12. The second-order valence-corrected chi connectivity index (χ2v) is 8.88. The molecular weight excluding hydrogens is 564 g/mol. The lowest BCUT2D eigenvalue weighted by Gasteiger charge is -2.15. The number of nitro benzene ring substituents is 4. The van der Waals surface area contributed by atoms with E-state index >= 15 is 0 Å². The average Bonchev–Trinajstić information content (AvgIpc) is 2.93. The maximum absolute atomic E-state index is 12.0. The molecule has 2 aromatic carbocycles. The van der Waals surface area contributed by atoms with Gasteiger partial charge in [-0.1, -0.05) is 12.8 Å². The van der Waals surface area contributed by atoms with Crippen LogP contribution in [-0.2, 0) is 9.47 Å². The van der Waals surface area contributed by atoms with Crippen LogP contribution < -0.4 is 10.6 Å². The highest BCUT2D eigenvalue weighted by Crippen LogP contribution is 2.32. The van der Waals surface area contributed by atoms with Gasteiger partial charge in [0.1, 0.15) is 12.2 Å². The maximum atomic E-state index is 12.0. The number of alkyl carbamates (subject to hydrolysis) is 2. The van der Waals surface area contributed by atoms with Crippen LogP contribution >= 0.6 is 0 Å². The first-order valence-corrected chi connectivity index (χ1v) is 12.6. The summed E-state index contributed by atoms with van der Waals surface area (Å²) in [5.41, 5.74) is -1.98. The number of ether oxygens (including phenoxy) is 2. The monoisotopic (exact) mass is 592 g/mol. The Hall–Kier alpha value is -5.42. The Morgan fingerprint density at radius 1 is 0.643 bits per heavy atom. The highest BCUT2D eigenvalue weighted by atomic mass is 16.6. The second kappa shape index (κ2) is 15.4. The Balaban J connectivity index is 1.67. The summed E-state index contributed by atoms with van der Waals surface area (Å²) in [6.45, 7) is 3.29. The van der Waals surface area contributed by atoms with Crippen LogP contribution in [0, 0.1) is 40.5 Å². The number of benzene rings is 2. The lowest BCUT2D eigenvalue weighted by molar-refractivity contribution is -0.395. The molecule has 2 unspecified atom stereocenters. The van der Waals surface area contributed by atoms with Crippen molar-refractivity contribution >= 4 is 34.9 Å². The molecule has 42 heavy (non-hydrogen) atoms. The number of non-ortho nitro benzene ring substituents is 2. The Labute approximate surface area is 237 Å².